The van der Waals surface area contributed by atoms with Crippen molar-refractivity contribution in [3.05, 3.63) is 90.0 Å². The lowest BCUT2D eigenvalue weighted by molar-refractivity contribution is 0.0918. The van der Waals surface area contributed by atoms with E-state index in [1.54, 1.807) is 60.7 Å². The molecule has 0 spiro atoms. The number of hydrogen-bond acceptors (Lipinski definition) is 3. The van der Waals surface area contributed by atoms with Crippen LogP contribution in [0.3, 0.4) is 0 Å². The van der Waals surface area contributed by atoms with Gasteiger partial charge in [-0.25, -0.2) is 4.79 Å². The van der Waals surface area contributed by atoms with Gasteiger partial charge >= 0.3 is 6.03 Å². The summed E-state index contributed by atoms with van der Waals surface area (Å²) in [4.78, 5) is 36.8. The van der Waals surface area contributed by atoms with Crippen molar-refractivity contribution in [2.75, 3.05) is 16.0 Å². The molecule has 0 unspecified atom stereocenters. The molecule has 0 saturated carbocycles. The van der Waals surface area contributed by atoms with Crippen molar-refractivity contribution in [2.45, 2.75) is 26.3 Å². The van der Waals surface area contributed by atoms with Gasteiger partial charge in [0.15, 0.2) is 0 Å². The second-order valence-corrected chi connectivity index (χ2v) is 8.26. The Kier molecular flexibility index (Phi) is 6.90. The highest BCUT2D eigenvalue weighted by Crippen LogP contribution is 2.16. The first-order valence-electron chi connectivity index (χ1n) is 10.2. The number of carbonyl (C=O) groups is 3. The Morgan fingerprint density at radius 1 is 0.562 bits per heavy atom. The lowest BCUT2D eigenvalue weighted by atomic mass is 10.1. The van der Waals surface area contributed by atoms with Crippen molar-refractivity contribution in [3.8, 4) is 0 Å². The van der Waals surface area contributed by atoms with E-state index >= 15 is 0 Å². The van der Waals surface area contributed by atoms with E-state index in [2.05, 4.69) is 21.3 Å². The molecule has 7 heteroatoms. The van der Waals surface area contributed by atoms with Gasteiger partial charge in [0.1, 0.15) is 0 Å². The zero-order valence-electron chi connectivity index (χ0n) is 18.2. The molecule has 0 heterocycles. The molecule has 0 aliphatic carbocycles. The van der Waals surface area contributed by atoms with Crippen LogP contribution in [0.5, 0.6) is 0 Å². The van der Waals surface area contributed by atoms with Crippen LogP contribution in [-0.2, 0) is 0 Å². The van der Waals surface area contributed by atoms with Crippen molar-refractivity contribution in [1.82, 2.24) is 5.32 Å². The number of amides is 4. The molecule has 7 nitrogen and oxygen atoms in total. The molecule has 0 aromatic heterocycles. The van der Waals surface area contributed by atoms with Crippen LogP contribution in [-0.4, -0.2) is 23.4 Å². The van der Waals surface area contributed by atoms with Crippen molar-refractivity contribution < 1.29 is 14.4 Å². The molecular weight excluding hydrogens is 404 g/mol. The van der Waals surface area contributed by atoms with Gasteiger partial charge in [0, 0.05) is 33.7 Å². The molecular formula is C25H26N4O3. The molecule has 0 bridgehead atoms. The summed E-state index contributed by atoms with van der Waals surface area (Å²) < 4.78 is 0. The van der Waals surface area contributed by atoms with Crippen molar-refractivity contribution >= 4 is 34.9 Å². The normalized spacial score (nSPS) is 10.7. The average Bonchev–Trinajstić information content (AvgIpc) is 2.74. The maximum atomic E-state index is 12.5. The van der Waals surface area contributed by atoms with Gasteiger partial charge in [0.25, 0.3) is 11.8 Å². The molecule has 3 aromatic rings. The number of urea groups is 1. The van der Waals surface area contributed by atoms with Crippen molar-refractivity contribution in [1.29, 1.82) is 0 Å². The fourth-order valence-corrected chi connectivity index (χ4v) is 2.84. The predicted molar refractivity (Wildman–Crippen MR) is 127 cm³/mol. The van der Waals surface area contributed by atoms with Gasteiger partial charge in [-0.2, -0.15) is 0 Å². The summed E-state index contributed by atoms with van der Waals surface area (Å²) in [5.41, 5.74) is 2.44. The summed E-state index contributed by atoms with van der Waals surface area (Å²) >= 11 is 0. The summed E-state index contributed by atoms with van der Waals surface area (Å²) in [6.07, 6.45) is 0. The number of nitrogens with one attached hydrogen (secondary N) is 4. The Bertz CT molecular complexity index is 1090. The molecule has 0 aliphatic heterocycles. The van der Waals surface area contributed by atoms with Crippen LogP contribution in [0.1, 0.15) is 41.5 Å². The second kappa shape index (κ2) is 9.78. The van der Waals surface area contributed by atoms with Crippen LogP contribution < -0.4 is 21.3 Å². The average molecular weight is 431 g/mol. The number of benzene rings is 3. The van der Waals surface area contributed by atoms with E-state index in [1.165, 1.54) is 0 Å². The fourth-order valence-electron chi connectivity index (χ4n) is 2.84. The topological polar surface area (TPSA) is 99.3 Å². The smallest absolute Gasteiger partial charge is 0.323 e. The summed E-state index contributed by atoms with van der Waals surface area (Å²) in [6.45, 7) is 5.72. The lowest BCUT2D eigenvalue weighted by Gasteiger charge is -2.20. The molecule has 3 aromatic carbocycles. The van der Waals surface area contributed by atoms with E-state index in [4.69, 9.17) is 0 Å². The molecule has 0 radical (unpaired) electrons. The van der Waals surface area contributed by atoms with Gasteiger partial charge < -0.3 is 21.3 Å². The molecule has 4 amide bonds. The number of carbonyl (C=O) groups excluding carboxylic acids is 3. The predicted octanol–water partition coefficient (Wildman–Crippen LogP) is 5.11. The minimum absolute atomic E-state index is 0.191. The van der Waals surface area contributed by atoms with Crippen LogP contribution in [0.4, 0.5) is 21.9 Å². The van der Waals surface area contributed by atoms with E-state index in [0.29, 0.717) is 28.2 Å². The van der Waals surface area contributed by atoms with Gasteiger partial charge in [0.2, 0.25) is 0 Å². The maximum absolute atomic E-state index is 12.5. The van der Waals surface area contributed by atoms with Crippen molar-refractivity contribution in [2.24, 2.45) is 0 Å². The van der Waals surface area contributed by atoms with Crippen LogP contribution in [0.15, 0.2) is 78.9 Å². The first-order valence-corrected chi connectivity index (χ1v) is 10.2. The Hall–Kier alpha value is -4.13. The van der Waals surface area contributed by atoms with E-state index < -0.39 is 0 Å². The highest BCUT2D eigenvalue weighted by Gasteiger charge is 2.15. The first-order chi connectivity index (χ1) is 15.2. The number of anilines is 3. The summed E-state index contributed by atoms with van der Waals surface area (Å²) in [6, 6.07) is 22.0. The standard InChI is InChI=1S/C25H26N4O3/c1-25(2,3)29-23(31)18-11-9-17(10-12-18)22(30)26-20-13-15-21(16-14-20)28-24(32)27-19-7-5-4-6-8-19/h4-16H,1-3H3,(H,26,30)(H,29,31)(H2,27,28,32). The van der Waals surface area contributed by atoms with Gasteiger partial charge in [-0.3, -0.25) is 9.59 Å². The molecule has 0 atom stereocenters. The largest absolute Gasteiger partial charge is 0.347 e. The molecule has 164 valence electrons. The van der Waals surface area contributed by atoms with Crippen LogP contribution in [0.25, 0.3) is 0 Å². The molecule has 0 aliphatic rings. The van der Waals surface area contributed by atoms with Crippen LogP contribution >= 0.6 is 0 Å². The number of para-hydroxylation sites is 1. The van der Waals surface area contributed by atoms with Crippen molar-refractivity contribution in [3.63, 3.8) is 0 Å². The first kappa shape index (κ1) is 22.6. The molecule has 32 heavy (non-hydrogen) atoms. The van der Waals surface area contributed by atoms with Crippen LogP contribution in [0, 0.1) is 0 Å². The highest BCUT2D eigenvalue weighted by atomic mass is 16.2. The monoisotopic (exact) mass is 430 g/mol. The number of rotatable bonds is 5. The summed E-state index contributed by atoms with van der Waals surface area (Å²) in [7, 11) is 0. The molecule has 4 N–H and O–H groups in total. The number of hydrogen-bond donors (Lipinski definition) is 4. The highest BCUT2D eigenvalue weighted by molar-refractivity contribution is 6.05. The molecule has 0 fully saturated rings. The Morgan fingerprint density at radius 2 is 1.00 bits per heavy atom. The van der Waals surface area contributed by atoms with E-state index in [1.807, 2.05) is 39.0 Å². The van der Waals surface area contributed by atoms with Gasteiger partial charge in [-0.1, -0.05) is 18.2 Å². The lowest BCUT2D eigenvalue weighted by Crippen LogP contribution is -2.40. The van der Waals surface area contributed by atoms with Crippen LogP contribution in [0.2, 0.25) is 0 Å². The Morgan fingerprint density at radius 3 is 1.50 bits per heavy atom. The van der Waals surface area contributed by atoms with Gasteiger partial charge in [-0.05, 0) is 81.4 Å². The third-order valence-corrected chi connectivity index (χ3v) is 4.33. The zero-order valence-corrected chi connectivity index (χ0v) is 18.2. The van der Waals surface area contributed by atoms with E-state index in [0.717, 1.165) is 0 Å². The Balaban J connectivity index is 1.55. The molecule has 0 saturated heterocycles. The Labute approximate surface area is 187 Å². The molecule has 3 rings (SSSR count). The SMILES string of the molecule is CC(C)(C)NC(=O)c1ccc(C(=O)Nc2ccc(NC(=O)Nc3ccccc3)cc2)cc1. The quantitative estimate of drug-likeness (QED) is 0.452. The zero-order chi connectivity index (χ0) is 23.1. The van der Waals surface area contributed by atoms with Gasteiger partial charge in [0.05, 0.1) is 0 Å². The van der Waals surface area contributed by atoms with Gasteiger partial charge in [-0.15, -0.1) is 0 Å². The maximum Gasteiger partial charge on any atom is 0.323 e. The third kappa shape index (κ3) is 6.70. The van der Waals surface area contributed by atoms with E-state index in [-0.39, 0.29) is 23.4 Å². The summed E-state index contributed by atoms with van der Waals surface area (Å²) in [5, 5.41) is 11.1. The summed E-state index contributed by atoms with van der Waals surface area (Å²) in [5.74, 6) is -0.487. The fraction of sp³-hybridized carbons (Fsp3) is 0.160. The third-order valence-electron chi connectivity index (χ3n) is 4.33. The minimum Gasteiger partial charge on any atom is -0.347 e. The second-order valence-electron chi connectivity index (χ2n) is 8.26. The van der Waals surface area contributed by atoms with E-state index in [9.17, 15) is 14.4 Å². The minimum atomic E-state index is -0.358.